The van der Waals surface area contributed by atoms with Crippen molar-refractivity contribution in [3.63, 3.8) is 0 Å². The Balaban J connectivity index is 3.00. The molecule has 3 amide bonds. The molecule has 0 aliphatic carbocycles. The zero-order chi connectivity index (χ0) is 43.5. The molecule has 328 valence electrons. The summed E-state index contributed by atoms with van der Waals surface area (Å²) in [5.74, 6) is -2.10. The van der Waals surface area contributed by atoms with Gasteiger partial charge >= 0.3 is 211 Å². The summed E-state index contributed by atoms with van der Waals surface area (Å²) in [4.78, 5) is 65.1. The van der Waals surface area contributed by atoms with Crippen LogP contribution >= 0.6 is 0 Å². The van der Waals surface area contributed by atoms with Crippen molar-refractivity contribution in [2.45, 2.75) is 209 Å². The van der Waals surface area contributed by atoms with Gasteiger partial charge in [0.05, 0.1) is 0 Å². The summed E-state index contributed by atoms with van der Waals surface area (Å²) in [6.45, 7) is 22.8. The summed E-state index contributed by atoms with van der Waals surface area (Å²) >= 11 is -2.93. The molecule has 1 aromatic rings. The number of carbonyl (C=O) groups excluding carboxylic acids is 5. The van der Waals surface area contributed by atoms with Crippen LogP contribution in [0.4, 0.5) is 4.79 Å². The van der Waals surface area contributed by atoms with Crippen LogP contribution in [0.3, 0.4) is 0 Å². The van der Waals surface area contributed by atoms with Gasteiger partial charge in [-0.3, -0.25) is 4.79 Å². The third-order valence-corrected chi connectivity index (χ3v) is 24.3. The van der Waals surface area contributed by atoms with E-state index < -0.39 is 71.2 Å². The maximum absolute atomic E-state index is 13.3. The van der Waals surface area contributed by atoms with E-state index in [0.29, 0.717) is 19.4 Å². The van der Waals surface area contributed by atoms with E-state index in [2.05, 4.69) is 41.9 Å². The summed E-state index contributed by atoms with van der Waals surface area (Å²) in [6.07, 6.45) is 7.92. The van der Waals surface area contributed by atoms with E-state index in [-0.39, 0.29) is 38.3 Å². The molecule has 0 spiro atoms. The Hall–Kier alpha value is -2.95. The minimum absolute atomic E-state index is 0.0197. The monoisotopic (exact) mass is 915 g/mol. The second-order valence-corrected chi connectivity index (χ2v) is 31.0. The third kappa shape index (κ3) is 21.0. The predicted octanol–water partition coefficient (Wildman–Crippen LogP) is 5.92. The van der Waals surface area contributed by atoms with Crippen LogP contribution in [-0.4, -0.2) is 98.6 Å². The molecule has 0 fully saturated rings. The summed E-state index contributed by atoms with van der Waals surface area (Å²) < 4.78 is 23.0. The molecular formula is C41H77N7O8Sn. The van der Waals surface area contributed by atoms with Gasteiger partial charge in [0.15, 0.2) is 0 Å². The zero-order valence-electron chi connectivity index (χ0n) is 37.4. The molecule has 0 radical (unpaired) electrons. The normalized spacial score (nSPS) is 13.4. The average molecular weight is 915 g/mol. The number of urea groups is 1. The minimum atomic E-state index is -2.93. The van der Waals surface area contributed by atoms with Crippen molar-refractivity contribution in [3.8, 4) is 0 Å². The van der Waals surface area contributed by atoms with Crippen LogP contribution in [0.1, 0.15) is 159 Å². The van der Waals surface area contributed by atoms with Crippen molar-refractivity contribution in [2.75, 3.05) is 6.54 Å². The van der Waals surface area contributed by atoms with Crippen LogP contribution in [0.25, 0.3) is 0 Å². The van der Waals surface area contributed by atoms with Gasteiger partial charge in [-0.15, -0.1) is 0 Å². The number of carbonyl (C=O) groups is 5. The van der Waals surface area contributed by atoms with Gasteiger partial charge in [-0.2, -0.15) is 0 Å². The van der Waals surface area contributed by atoms with E-state index in [4.69, 9.17) is 25.0 Å². The number of hydrogen-bond donors (Lipinski definition) is 4. The molecular weight excluding hydrogens is 837 g/mol. The number of esters is 3. The Morgan fingerprint density at radius 2 is 1.18 bits per heavy atom. The number of amides is 3. The van der Waals surface area contributed by atoms with E-state index in [9.17, 15) is 24.0 Å². The van der Waals surface area contributed by atoms with E-state index in [1.54, 1.807) is 67.0 Å². The molecule has 1 rings (SSSR count). The molecule has 0 aromatic carbocycles. The zero-order valence-corrected chi connectivity index (χ0v) is 40.2. The maximum atomic E-state index is 13.3. The van der Waals surface area contributed by atoms with E-state index >= 15 is 0 Å². The van der Waals surface area contributed by atoms with Gasteiger partial charge in [0.25, 0.3) is 0 Å². The van der Waals surface area contributed by atoms with Crippen molar-refractivity contribution in [1.29, 1.82) is 0 Å². The van der Waals surface area contributed by atoms with Gasteiger partial charge < -0.3 is 19.5 Å². The molecule has 0 aliphatic rings. The predicted molar refractivity (Wildman–Crippen MR) is 225 cm³/mol. The number of aromatic nitrogens is 3. The molecule has 15 nitrogen and oxygen atoms in total. The molecule has 2 unspecified atom stereocenters. The van der Waals surface area contributed by atoms with Gasteiger partial charge in [0.1, 0.15) is 22.8 Å². The number of nitrogens with two attached hydrogens (primary N) is 1. The first-order valence-electron chi connectivity index (χ1n) is 21.1. The van der Waals surface area contributed by atoms with Gasteiger partial charge in [-0.25, -0.2) is 14.4 Å². The van der Waals surface area contributed by atoms with Crippen LogP contribution in [0.5, 0.6) is 0 Å². The average Bonchev–Trinajstić information content (AvgIpc) is 3.49. The number of nitrogens with zero attached hydrogens (tertiary/aromatic N) is 3. The molecule has 57 heavy (non-hydrogen) atoms. The van der Waals surface area contributed by atoms with E-state index in [0.717, 1.165) is 28.7 Å². The van der Waals surface area contributed by atoms with Crippen molar-refractivity contribution >= 4 is 51.9 Å². The van der Waals surface area contributed by atoms with Crippen LogP contribution < -0.4 is 25.4 Å². The second-order valence-electron chi connectivity index (χ2n) is 18.1. The number of unbranched alkanes of at least 4 members (excludes halogenated alkanes) is 4. The summed E-state index contributed by atoms with van der Waals surface area (Å²) in [5.41, 5.74) is 4.84. The molecule has 0 aliphatic heterocycles. The number of ether oxygens (including phenoxy) is 3. The Bertz CT molecular complexity index is 1390. The topological polar surface area (TPSA) is 206 Å². The Morgan fingerprint density at radius 3 is 1.61 bits per heavy atom. The van der Waals surface area contributed by atoms with Crippen LogP contribution in [-0.2, 0) is 46.5 Å². The van der Waals surface area contributed by atoms with E-state index in [1.807, 2.05) is 0 Å². The molecule has 1 heterocycles. The van der Waals surface area contributed by atoms with Crippen molar-refractivity contribution < 1.29 is 38.2 Å². The van der Waals surface area contributed by atoms with Crippen LogP contribution in [0.15, 0.2) is 0 Å². The Kier molecular flexibility index (Phi) is 22.7. The fraction of sp³-hybridized carbons (Fsp3) is 0.829. The summed E-state index contributed by atoms with van der Waals surface area (Å²) in [6, 6.07) is -3.03. The fourth-order valence-electron chi connectivity index (χ4n) is 6.50. The standard InChI is InChI=1S/C29H50N7O8.3C4H9.Sn/c1-27(2,3)42-23(38)14-13-21(25(40)44-29(7,8)9)34-26(41)33-20(24(39)43-28(4,5)6)12-10-11-15-31-22(37)18-36-19(16-30)17-32-35-36;3*1-3-4-2;/h20-21H,10-16,18,30H2,1-9H3,(H,31,37)(H2,33,34,41);3*1,3-4H2,2H3;. The molecule has 0 saturated carbocycles. The van der Waals surface area contributed by atoms with Gasteiger partial charge in [-0.05, 0) is 68.7 Å². The number of rotatable bonds is 25. The molecule has 2 atom stereocenters. The Morgan fingerprint density at radius 1 is 0.702 bits per heavy atom. The van der Waals surface area contributed by atoms with Crippen molar-refractivity contribution in [1.82, 2.24) is 30.9 Å². The first-order chi connectivity index (χ1) is 26.5. The van der Waals surface area contributed by atoms with Crippen LogP contribution in [0, 0.1) is 0 Å². The Labute approximate surface area is 346 Å². The van der Waals surface area contributed by atoms with Crippen molar-refractivity contribution in [2.24, 2.45) is 5.73 Å². The summed E-state index contributed by atoms with van der Waals surface area (Å²) in [5, 5.41) is 17.4. The molecule has 0 bridgehead atoms. The second kappa shape index (κ2) is 24.8. The van der Waals surface area contributed by atoms with Gasteiger partial charge in [0, 0.05) is 6.42 Å². The fourth-order valence-corrected chi connectivity index (χ4v) is 22.6. The van der Waals surface area contributed by atoms with Gasteiger partial charge in [-0.1, -0.05) is 0 Å². The van der Waals surface area contributed by atoms with Crippen LogP contribution in [0.2, 0.25) is 13.3 Å². The number of hydrogen-bond acceptors (Lipinski definition) is 11. The summed E-state index contributed by atoms with van der Waals surface area (Å²) in [7, 11) is 0. The van der Waals surface area contributed by atoms with Crippen molar-refractivity contribution in [3.05, 3.63) is 5.69 Å². The SMILES string of the molecule is CCC[CH2][Sn]([CH2]CCC)([CH2]CCC)[c]1nnn(CC(=O)NCCCCC(NC(=O)NC(CCC(=O)OC(C)(C)C)C(=O)OC(C)(C)C)C(=O)OC(C)(C)C)c1CN. The quantitative estimate of drug-likeness (QED) is 0.0392. The van der Waals surface area contributed by atoms with E-state index in [1.165, 1.54) is 32.6 Å². The molecule has 1 aromatic heterocycles. The molecule has 16 heteroatoms. The third-order valence-electron chi connectivity index (χ3n) is 9.15. The number of nitrogens with one attached hydrogen (secondary N) is 3. The molecule has 5 N–H and O–H groups in total. The molecule has 0 saturated heterocycles. The van der Waals surface area contributed by atoms with Gasteiger partial charge in [0.2, 0.25) is 0 Å². The first-order valence-corrected chi connectivity index (χ1v) is 28.6. The first kappa shape index (κ1) is 52.1.